The minimum absolute atomic E-state index is 0.129. The summed E-state index contributed by atoms with van der Waals surface area (Å²) in [5.74, 6) is 2.63. The molecular formula is C13H17N. The summed E-state index contributed by atoms with van der Waals surface area (Å²) in [5, 5.41) is 0. The lowest BCUT2D eigenvalue weighted by molar-refractivity contribution is 0.621. The van der Waals surface area contributed by atoms with E-state index >= 15 is 0 Å². The Balaban J connectivity index is 2.48. The van der Waals surface area contributed by atoms with Gasteiger partial charge < -0.3 is 5.73 Å². The molecule has 0 fully saturated rings. The van der Waals surface area contributed by atoms with Crippen molar-refractivity contribution >= 4 is 0 Å². The summed E-state index contributed by atoms with van der Waals surface area (Å²) in [7, 11) is 0. The highest BCUT2D eigenvalue weighted by Gasteiger charge is 2.04. The fourth-order valence-electron chi connectivity index (χ4n) is 1.40. The predicted molar refractivity (Wildman–Crippen MR) is 60.8 cm³/mol. The van der Waals surface area contributed by atoms with E-state index in [4.69, 9.17) is 12.2 Å². The van der Waals surface area contributed by atoms with Crippen LogP contribution in [0.15, 0.2) is 24.3 Å². The van der Waals surface area contributed by atoms with E-state index in [9.17, 15) is 0 Å². The van der Waals surface area contributed by atoms with Crippen molar-refractivity contribution in [2.45, 2.75) is 32.2 Å². The molecule has 1 atom stereocenters. The molecule has 0 amide bonds. The summed E-state index contributed by atoms with van der Waals surface area (Å²) in [4.78, 5) is 0. The van der Waals surface area contributed by atoms with Gasteiger partial charge in [-0.2, -0.15) is 0 Å². The summed E-state index contributed by atoms with van der Waals surface area (Å²) in [5.41, 5.74) is 8.49. The number of aryl methyl sites for hydroxylation is 1. The van der Waals surface area contributed by atoms with E-state index in [1.165, 1.54) is 11.1 Å². The Bertz CT molecular complexity index is 305. The van der Waals surface area contributed by atoms with Crippen LogP contribution < -0.4 is 5.73 Å². The van der Waals surface area contributed by atoms with Crippen LogP contribution in [0.1, 0.15) is 36.4 Å². The van der Waals surface area contributed by atoms with Gasteiger partial charge in [0.15, 0.2) is 0 Å². The lowest BCUT2D eigenvalue weighted by Crippen LogP contribution is -2.09. The highest BCUT2D eigenvalue weighted by atomic mass is 14.6. The van der Waals surface area contributed by atoms with Gasteiger partial charge in [-0.25, -0.2) is 0 Å². The average Bonchev–Trinajstić information content (AvgIpc) is 2.19. The maximum Gasteiger partial charge on any atom is 0.0295 e. The molecule has 0 aliphatic rings. The average molecular weight is 187 g/mol. The lowest BCUT2D eigenvalue weighted by atomic mass is 10.0. The van der Waals surface area contributed by atoms with Gasteiger partial charge in [0.1, 0.15) is 0 Å². The van der Waals surface area contributed by atoms with Gasteiger partial charge in [-0.15, -0.1) is 12.3 Å². The van der Waals surface area contributed by atoms with Crippen LogP contribution in [0.5, 0.6) is 0 Å². The topological polar surface area (TPSA) is 26.0 Å². The zero-order chi connectivity index (χ0) is 10.4. The molecule has 1 rings (SSSR count). The van der Waals surface area contributed by atoms with E-state index in [1.54, 1.807) is 0 Å². The SMILES string of the molecule is C#CCCCC(N)c1ccc(C)cc1. The van der Waals surface area contributed by atoms with Gasteiger partial charge in [-0.3, -0.25) is 0 Å². The maximum absolute atomic E-state index is 6.02. The van der Waals surface area contributed by atoms with E-state index in [1.807, 2.05) is 0 Å². The molecule has 0 saturated carbocycles. The Kier molecular flexibility index (Phi) is 4.22. The minimum atomic E-state index is 0.129. The third-order valence-electron chi connectivity index (χ3n) is 2.34. The number of rotatable bonds is 4. The molecule has 0 bridgehead atoms. The van der Waals surface area contributed by atoms with Crippen molar-refractivity contribution < 1.29 is 0 Å². The van der Waals surface area contributed by atoms with Crippen LogP contribution in [0.4, 0.5) is 0 Å². The van der Waals surface area contributed by atoms with E-state index in [-0.39, 0.29) is 6.04 Å². The molecule has 0 aliphatic carbocycles. The molecule has 0 saturated heterocycles. The standard InChI is InChI=1S/C13H17N/c1-3-4-5-6-13(14)12-9-7-11(2)8-10-12/h1,7-10,13H,4-6,14H2,2H3. The number of nitrogens with two attached hydrogens (primary N) is 1. The van der Waals surface area contributed by atoms with Gasteiger partial charge in [-0.1, -0.05) is 29.8 Å². The highest BCUT2D eigenvalue weighted by molar-refractivity contribution is 5.23. The number of benzene rings is 1. The van der Waals surface area contributed by atoms with Gasteiger partial charge in [0, 0.05) is 12.5 Å². The molecule has 1 unspecified atom stereocenters. The van der Waals surface area contributed by atoms with Crippen molar-refractivity contribution in [3.05, 3.63) is 35.4 Å². The lowest BCUT2D eigenvalue weighted by Gasteiger charge is -2.10. The molecule has 0 aliphatic heterocycles. The van der Waals surface area contributed by atoms with Crippen LogP contribution in [-0.4, -0.2) is 0 Å². The van der Waals surface area contributed by atoms with Crippen LogP contribution >= 0.6 is 0 Å². The molecule has 2 N–H and O–H groups in total. The summed E-state index contributed by atoms with van der Waals surface area (Å²) in [6, 6.07) is 8.50. The van der Waals surface area contributed by atoms with Gasteiger partial charge in [0.05, 0.1) is 0 Å². The normalized spacial score (nSPS) is 12.1. The fraction of sp³-hybridized carbons (Fsp3) is 0.385. The number of unbranched alkanes of at least 4 members (excludes halogenated alkanes) is 1. The van der Waals surface area contributed by atoms with Gasteiger partial charge in [0.2, 0.25) is 0 Å². The van der Waals surface area contributed by atoms with Gasteiger partial charge in [-0.05, 0) is 25.3 Å². The molecule has 14 heavy (non-hydrogen) atoms. The molecule has 1 aromatic carbocycles. The summed E-state index contributed by atoms with van der Waals surface area (Å²) in [6.45, 7) is 2.08. The molecule has 0 heterocycles. The zero-order valence-electron chi connectivity index (χ0n) is 8.66. The second kappa shape index (κ2) is 5.47. The Morgan fingerprint density at radius 1 is 1.36 bits per heavy atom. The largest absolute Gasteiger partial charge is 0.324 e. The zero-order valence-corrected chi connectivity index (χ0v) is 8.66. The van der Waals surface area contributed by atoms with E-state index < -0.39 is 0 Å². The van der Waals surface area contributed by atoms with Crippen LogP contribution in [-0.2, 0) is 0 Å². The summed E-state index contributed by atoms with van der Waals surface area (Å²) >= 11 is 0. The summed E-state index contributed by atoms with van der Waals surface area (Å²) in [6.07, 6.45) is 7.97. The first-order chi connectivity index (χ1) is 6.74. The Morgan fingerprint density at radius 2 is 2.00 bits per heavy atom. The molecule has 74 valence electrons. The first-order valence-electron chi connectivity index (χ1n) is 4.99. The van der Waals surface area contributed by atoms with Crippen molar-refractivity contribution in [2.75, 3.05) is 0 Å². The van der Waals surface area contributed by atoms with E-state index in [0.717, 1.165) is 19.3 Å². The molecule has 1 heteroatoms. The van der Waals surface area contributed by atoms with E-state index in [0.29, 0.717) is 0 Å². The quantitative estimate of drug-likeness (QED) is 0.569. The number of hydrogen-bond donors (Lipinski definition) is 1. The number of terminal acetylenes is 1. The molecular weight excluding hydrogens is 170 g/mol. The Hall–Kier alpha value is -1.26. The molecule has 1 nitrogen and oxygen atoms in total. The van der Waals surface area contributed by atoms with E-state index in [2.05, 4.69) is 37.1 Å². The van der Waals surface area contributed by atoms with Crippen molar-refractivity contribution in [1.82, 2.24) is 0 Å². The van der Waals surface area contributed by atoms with Crippen LogP contribution in [0.2, 0.25) is 0 Å². The van der Waals surface area contributed by atoms with Crippen LogP contribution in [0.25, 0.3) is 0 Å². The van der Waals surface area contributed by atoms with Crippen molar-refractivity contribution in [1.29, 1.82) is 0 Å². The fourth-order valence-corrected chi connectivity index (χ4v) is 1.40. The number of hydrogen-bond acceptors (Lipinski definition) is 1. The van der Waals surface area contributed by atoms with Gasteiger partial charge in [0.25, 0.3) is 0 Å². The Labute approximate surface area is 86.3 Å². The first-order valence-corrected chi connectivity index (χ1v) is 4.99. The molecule has 1 aromatic rings. The molecule has 0 aromatic heterocycles. The van der Waals surface area contributed by atoms with Crippen molar-refractivity contribution in [3.63, 3.8) is 0 Å². The molecule has 0 radical (unpaired) electrons. The Morgan fingerprint density at radius 3 is 2.57 bits per heavy atom. The van der Waals surface area contributed by atoms with Crippen molar-refractivity contribution in [2.24, 2.45) is 5.73 Å². The third kappa shape index (κ3) is 3.24. The first kappa shape index (κ1) is 10.8. The second-order valence-corrected chi connectivity index (χ2v) is 3.61. The summed E-state index contributed by atoms with van der Waals surface area (Å²) < 4.78 is 0. The van der Waals surface area contributed by atoms with Crippen LogP contribution in [0, 0.1) is 19.3 Å². The smallest absolute Gasteiger partial charge is 0.0295 e. The van der Waals surface area contributed by atoms with Crippen LogP contribution in [0.3, 0.4) is 0 Å². The monoisotopic (exact) mass is 187 g/mol. The maximum atomic E-state index is 6.02. The highest BCUT2D eigenvalue weighted by Crippen LogP contribution is 2.16. The van der Waals surface area contributed by atoms with Gasteiger partial charge >= 0.3 is 0 Å². The second-order valence-electron chi connectivity index (χ2n) is 3.61. The predicted octanol–water partition coefficient (Wildman–Crippen LogP) is 2.80. The minimum Gasteiger partial charge on any atom is -0.324 e. The molecule has 0 spiro atoms. The third-order valence-corrected chi connectivity index (χ3v) is 2.34. The van der Waals surface area contributed by atoms with Crippen molar-refractivity contribution in [3.8, 4) is 12.3 Å².